The zero-order chi connectivity index (χ0) is 20.6. The van der Waals surface area contributed by atoms with Crippen LogP contribution in [0.1, 0.15) is 49.7 Å². The molecule has 0 aromatic heterocycles. The van der Waals surface area contributed by atoms with Crippen LogP contribution in [0.15, 0.2) is 29.3 Å². The van der Waals surface area contributed by atoms with E-state index >= 15 is 0 Å². The summed E-state index contributed by atoms with van der Waals surface area (Å²) in [6.07, 6.45) is 4.04. The highest BCUT2D eigenvalue weighted by molar-refractivity contribution is 7.99. The number of guanidine groups is 1. The third kappa shape index (κ3) is 6.39. The Bertz CT molecular complexity index is 677. The normalized spacial score (nSPS) is 24.1. The van der Waals surface area contributed by atoms with Gasteiger partial charge >= 0.3 is 0 Å². The molecule has 1 amide bonds. The molecule has 2 aliphatic rings. The summed E-state index contributed by atoms with van der Waals surface area (Å²) in [5, 5.41) is 7.05. The molecule has 2 N–H and O–H groups in total. The van der Waals surface area contributed by atoms with Crippen molar-refractivity contribution in [2.24, 2.45) is 10.9 Å². The molecule has 0 spiro atoms. The molecule has 1 saturated heterocycles. The van der Waals surface area contributed by atoms with Crippen LogP contribution in [-0.2, 0) is 4.79 Å². The highest BCUT2D eigenvalue weighted by Gasteiger charge is 2.30. The Morgan fingerprint density at radius 3 is 2.45 bits per heavy atom. The number of hydrogen-bond acceptors (Lipinski definition) is 3. The van der Waals surface area contributed by atoms with Crippen molar-refractivity contribution >= 4 is 23.6 Å². The van der Waals surface area contributed by atoms with E-state index in [-0.39, 0.29) is 5.92 Å². The van der Waals surface area contributed by atoms with E-state index in [2.05, 4.69) is 58.6 Å². The second-order valence-corrected chi connectivity index (χ2v) is 9.62. The molecule has 1 saturated carbocycles. The topological polar surface area (TPSA) is 56.7 Å². The monoisotopic (exact) mass is 416 g/mol. The lowest BCUT2D eigenvalue weighted by molar-refractivity contribution is -0.136. The first kappa shape index (κ1) is 22.0. The summed E-state index contributed by atoms with van der Waals surface area (Å²) in [6, 6.07) is 9.15. The van der Waals surface area contributed by atoms with E-state index in [0.717, 1.165) is 62.8 Å². The third-order valence-electron chi connectivity index (χ3n) is 6.19. The van der Waals surface area contributed by atoms with Crippen LogP contribution in [0.25, 0.3) is 0 Å². The van der Waals surface area contributed by atoms with Crippen molar-refractivity contribution in [2.45, 2.75) is 51.5 Å². The molecule has 6 heteroatoms. The number of benzene rings is 1. The molecule has 1 heterocycles. The Kier molecular flexibility index (Phi) is 8.28. The largest absolute Gasteiger partial charge is 0.356 e. The lowest BCUT2D eigenvalue weighted by atomic mass is 9.85. The van der Waals surface area contributed by atoms with Crippen molar-refractivity contribution in [3.8, 4) is 0 Å². The van der Waals surface area contributed by atoms with Crippen molar-refractivity contribution in [3.05, 3.63) is 35.4 Å². The first-order valence-corrected chi connectivity index (χ1v) is 12.1. The first-order valence-electron chi connectivity index (χ1n) is 11.0. The van der Waals surface area contributed by atoms with E-state index < -0.39 is 0 Å². The molecule has 1 unspecified atom stereocenters. The van der Waals surface area contributed by atoms with Crippen LogP contribution in [0.2, 0.25) is 0 Å². The van der Waals surface area contributed by atoms with Gasteiger partial charge in [0.2, 0.25) is 5.91 Å². The van der Waals surface area contributed by atoms with E-state index in [1.165, 1.54) is 11.1 Å². The van der Waals surface area contributed by atoms with Gasteiger partial charge in [-0.05, 0) is 44.1 Å². The summed E-state index contributed by atoms with van der Waals surface area (Å²) >= 11 is 1.95. The number of nitrogens with zero attached hydrogens (tertiary/aromatic N) is 2. The van der Waals surface area contributed by atoms with Crippen LogP contribution >= 0.6 is 11.8 Å². The Hall–Kier alpha value is -1.69. The standard InChI is InChI=1S/C23H36N4OS/c1-17-4-6-19(7-5-17)18(2)16-25-23(24-3)26-21-10-8-20(9-11-21)22(28)27-12-14-29-15-13-27/h4-7,18,20-21H,8-16H2,1-3H3,(H2,24,25,26). The second-order valence-electron chi connectivity index (χ2n) is 8.40. The van der Waals surface area contributed by atoms with Crippen molar-refractivity contribution in [2.75, 3.05) is 38.2 Å². The predicted molar refractivity (Wildman–Crippen MR) is 124 cm³/mol. The van der Waals surface area contributed by atoms with Gasteiger partial charge in [-0.2, -0.15) is 11.8 Å². The van der Waals surface area contributed by atoms with Gasteiger partial charge in [-0.1, -0.05) is 36.8 Å². The Labute approximate surface area is 180 Å². The Balaban J connectivity index is 1.41. The maximum atomic E-state index is 12.7. The molecule has 2 fully saturated rings. The minimum Gasteiger partial charge on any atom is -0.356 e. The highest BCUT2D eigenvalue weighted by Crippen LogP contribution is 2.27. The van der Waals surface area contributed by atoms with Crippen molar-refractivity contribution in [1.29, 1.82) is 0 Å². The molecule has 1 aromatic rings. The van der Waals surface area contributed by atoms with Crippen LogP contribution in [0.3, 0.4) is 0 Å². The van der Waals surface area contributed by atoms with Gasteiger partial charge in [-0.25, -0.2) is 0 Å². The molecule has 0 bridgehead atoms. The van der Waals surface area contributed by atoms with Gasteiger partial charge in [0.05, 0.1) is 0 Å². The fraction of sp³-hybridized carbons (Fsp3) is 0.652. The van der Waals surface area contributed by atoms with Crippen LogP contribution in [-0.4, -0.2) is 61.0 Å². The van der Waals surface area contributed by atoms with E-state index in [4.69, 9.17) is 0 Å². The van der Waals surface area contributed by atoms with Crippen LogP contribution in [0.4, 0.5) is 0 Å². The number of carbonyl (C=O) groups excluding carboxylic acids is 1. The summed E-state index contributed by atoms with van der Waals surface area (Å²) in [7, 11) is 1.83. The molecule has 5 nitrogen and oxygen atoms in total. The van der Waals surface area contributed by atoms with Gasteiger partial charge in [0.1, 0.15) is 0 Å². The van der Waals surface area contributed by atoms with Crippen molar-refractivity contribution in [1.82, 2.24) is 15.5 Å². The van der Waals surface area contributed by atoms with E-state index in [9.17, 15) is 4.79 Å². The average Bonchev–Trinajstić information content (AvgIpc) is 2.77. The number of amides is 1. The molecule has 3 rings (SSSR count). The fourth-order valence-corrected chi connectivity index (χ4v) is 5.08. The molecular weight excluding hydrogens is 380 g/mol. The van der Waals surface area contributed by atoms with Crippen LogP contribution < -0.4 is 10.6 Å². The van der Waals surface area contributed by atoms with E-state index in [1.54, 1.807) is 0 Å². The zero-order valence-corrected chi connectivity index (χ0v) is 18.9. The summed E-state index contributed by atoms with van der Waals surface area (Å²) in [5.41, 5.74) is 2.63. The number of aliphatic imine (C=N–C) groups is 1. The summed E-state index contributed by atoms with van der Waals surface area (Å²) < 4.78 is 0. The third-order valence-corrected chi connectivity index (χ3v) is 7.13. The van der Waals surface area contributed by atoms with Crippen molar-refractivity contribution < 1.29 is 4.79 Å². The number of thioether (sulfide) groups is 1. The minimum absolute atomic E-state index is 0.215. The number of carbonyl (C=O) groups is 1. The maximum absolute atomic E-state index is 12.7. The summed E-state index contributed by atoms with van der Waals surface area (Å²) in [4.78, 5) is 19.2. The lowest BCUT2D eigenvalue weighted by Crippen LogP contribution is -2.47. The van der Waals surface area contributed by atoms with Gasteiger partial charge in [-0.15, -0.1) is 0 Å². The molecule has 29 heavy (non-hydrogen) atoms. The smallest absolute Gasteiger partial charge is 0.225 e. The number of rotatable bonds is 5. The number of nitrogens with one attached hydrogen (secondary N) is 2. The Morgan fingerprint density at radius 2 is 1.83 bits per heavy atom. The van der Waals surface area contributed by atoms with Gasteiger partial charge in [-0.3, -0.25) is 9.79 Å². The second kappa shape index (κ2) is 10.9. The molecule has 1 aliphatic heterocycles. The van der Waals surface area contributed by atoms with E-state index in [0.29, 0.717) is 17.9 Å². The molecule has 1 aromatic carbocycles. The SMILES string of the molecule is CN=C(NCC(C)c1ccc(C)cc1)NC1CCC(C(=O)N2CCSCC2)CC1. The lowest BCUT2D eigenvalue weighted by Gasteiger charge is -2.34. The van der Waals surface area contributed by atoms with Gasteiger partial charge < -0.3 is 15.5 Å². The molecular formula is C23H36N4OS. The Morgan fingerprint density at radius 1 is 1.17 bits per heavy atom. The number of hydrogen-bond donors (Lipinski definition) is 2. The minimum atomic E-state index is 0.215. The zero-order valence-electron chi connectivity index (χ0n) is 18.1. The van der Waals surface area contributed by atoms with Gasteiger partial charge in [0.25, 0.3) is 0 Å². The molecule has 0 radical (unpaired) electrons. The molecule has 160 valence electrons. The van der Waals surface area contributed by atoms with Gasteiger partial charge in [0, 0.05) is 50.1 Å². The number of aryl methyl sites for hydroxylation is 1. The molecule has 1 atom stereocenters. The average molecular weight is 417 g/mol. The van der Waals surface area contributed by atoms with Crippen LogP contribution in [0.5, 0.6) is 0 Å². The quantitative estimate of drug-likeness (QED) is 0.571. The predicted octanol–water partition coefficient (Wildman–Crippen LogP) is 3.40. The first-order chi connectivity index (χ1) is 14.1. The van der Waals surface area contributed by atoms with Crippen molar-refractivity contribution in [3.63, 3.8) is 0 Å². The van der Waals surface area contributed by atoms with Crippen LogP contribution in [0, 0.1) is 12.8 Å². The maximum Gasteiger partial charge on any atom is 0.225 e. The summed E-state index contributed by atoms with van der Waals surface area (Å²) in [6.45, 7) is 7.06. The van der Waals surface area contributed by atoms with E-state index in [1.807, 2.05) is 18.8 Å². The molecule has 1 aliphatic carbocycles. The highest BCUT2D eigenvalue weighted by atomic mass is 32.2. The summed E-state index contributed by atoms with van der Waals surface area (Å²) in [5.74, 6) is 4.07. The van der Waals surface area contributed by atoms with Gasteiger partial charge in [0.15, 0.2) is 5.96 Å². The fourth-order valence-electron chi connectivity index (χ4n) is 4.18.